The van der Waals surface area contributed by atoms with Gasteiger partial charge in [0, 0.05) is 13.0 Å². The first-order chi connectivity index (χ1) is 9.79. The van der Waals surface area contributed by atoms with Gasteiger partial charge in [0.05, 0.1) is 6.61 Å². The molecule has 2 aliphatic carbocycles. The quantitative estimate of drug-likeness (QED) is 0.784. The Morgan fingerprint density at radius 3 is 2.85 bits per heavy atom. The van der Waals surface area contributed by atoms with Gasteiger partial charge in [0.25, 0.3) is 0 Å². The number of aliphatic hydroxyl groups excluding tert-OH is 1. The third kappa shape index (κ3) is 4.78. The van der Waals surface area contributed by atoms with Crippen LogP contribution in [-0.2, 0) is 4.79 Å². The highest BCUT2D eigenvalue weighted by atomic mass is 16.3. The van der Waals surface area contributed by atoms with E-state index in [0.29, 0.717) is 13.0 Å². The fourth-order valence-corrected chi connectivity index (χ4v) is 3.29. The molecule has 1 fully saturated rings. The number of rotatable bonds is 6. The van der Waals surface area contributed by atoms with E-state index in [0.717, 1.165) is 24.7 Å². The zero-order valence-corrected chi connectivity index (χ0v) is 12.3. The largest absolute Gasteiger partial charge is 0.395 e. The summed E-state index contributed by atoms with van der Waals surface area (Å²) in [6, 6.07) is 0. The van der Waals surface area contributed by atoms with Gasteiger partial charge in [0.15, 0.2) is 0 Å². The molecule has 0 bridgehead atoms. The summed E-state index contributed by atoms with van der Waals surface area (Å²) in [6.07, 6.45) is 16.4. The number of nitrogens with one attached hydrogen (secondary N) is 1. The molecule has 0 heterocycles. The molecular weight excluding hydrogens is 250 g/mol. The van der Waals surface area contributed by atoms with Gasteiger partial charge in [-0.2, -0.15) is 0 Å². The summed E-state index contributed by atoms with van der Waals surface area (Å²) in [6.45, 7) is 0.383. The average Bonchev–Trinajstić information content (AvgIpc) is 2.70. The maximum Gasteiger partial charge on any atom is 0.220 e. The Kier molecular flexibility index (Phi) is 6.31. The highest BCUT2D eigenvalue weighted by Crippen LogP contribution is 2.35. The Balaban J connectivity index is 1.73. The van der Waals surface area contributed by atoms with Gasteiger partial charge in [0.1, 0.15) is 0 Å². The van der Waals surface area contributed by atoms with Crippen molar-refractivity contribution in [3.8, 4) is 0 Å². The van der Waals surface area contributed by atoms with Crippen LogP contribution < -0.4 is 5.32 Å². The molecule has 20 heavy (non-hydrogen) atoms. The Labute approximate surface area is 122 Å². The van der Waals surface area contributed by atoms with Crippen LogP contribution in [0.1, 0.15) is 51.4 Å². The van der Waals surface area contributed by atoms with Gasteiger partial charge >= 0.3 is 0 Å². The Morgan fingerprint density at radius 1 is 1.25 bits per heavy atom. The van der Waals surface area contributed by atoms with Crippen molar-refractivity contribution in [3.05, 3.63) is 23.8 Å². The predicted octanol–water partition coefficient (Wildman–Crippen LogP) is 2.96. The van der Waals surface area contributed by atoms with E-state index in [-0.39, 0.29) is 12.5 Å². The van der Waals surface area contributed by atoms with Crippen molar-refractivity contribution in [2.24, 2.45) is 11.8 Å². The molecule has 2 N–H and O–H groups in total. The predicted molar refractivity (Wildman–Crippen MR) is 81.2 cm³/mol. The van der Waals surface area contributed by atoms with Crippen LogP contribution in [0.15, 0.2) is 23.8 Å². The first-order valence-corrected chi connectivity index (χ1v) is 8.06. The molecule has 0 aromatic rings. The van der Waals surface area contributed by atoms with Gasteiger partial charge < -0.3 is 10.4 Å². The van der Waals surface area contributed by atoms with E-state index >= 15 is 0 Å². The van der Waals surface area contributed by atoms with Gasteiger partial charge in [-0.25, -0.2) is 0 Å². The van der Waals surface area contributed by atoms with Crippen LogP contribution in [0.25, 0.3) is 0 Å². The molecule has 0 aromatic heterocycles. The second-order valence-corrected chi connectivity index (χ2v) is 5.99. The molecule has 0 saturated heterocycles. The summed E-state index contributed by atoms with van der Waals surface area (Å²) in [5.41, 5.74) is 1.41. The SMILES string of the molecule is O=C(CCCC1=CC2CCCCCC2C=C1)NCCO. The number of hydrogen-bond donors (Lipinski definition) is 2. The first-order valence-electron chi connectivity index (χ1n) is 8.06. The molecule has 2 rings (SSSR count). The second-order valence-electron chi connectivity index (χ2n) is 5.99. The molecule has 0 radical (unpaired) electrons. The highest BCUT2D eigenvalue weighted by molar-refractivity contribution is 5.75. The van der Waals surface area contributed by atoms with Crippen LogP contribution in [0.4, 0.5) is 0 Å². The minimum atomic E-state index is 0.0166. The average molecular weight is 277 g/mol. The van der Waals surface area contributed by atoms with E-state index in [1.165, 1.54) is 37.7 Å². The van der Waals surface area contributed by atoms with Crippen LogP contribution in [0.3, 0.4) is 0 Å². The first kappa shape index (κ1) is 15.3. The second kappa shape index (κ2) is 8.25. The lowest BCUT2D eigenvalue weighted by molar-refractivity contribution is -0.121. The molecule has 2 unspecified atom stereocenters. The van der Waals surface area contributed by atoms with Crippen LogP contribution in [0.2, 0.25) is 0 Å². The molecule has 0 spiro atoms. The Hall–Kier alpha value is -1.09. The van der Waals surface area contributed by atoms with E-state index in [1.807, 2.05) is 0 Å². The minimum absolute atomic E-state index is 0.0166. The summed E-state index contributed by atoms with van der Waals surface area (Å²) >= 11 is 0. The standard InChI is InChI=1S/C17H27NO2/c19-12-11-18-17(20)8-4-5-14-9-10-15-6-2-1-3-7-16(15)13-14/h9-10,13,15-16,19H,1-8,11-12H2,(H,18,20). The van der Waals surface area contributed by atoms with Crippen molar-refractivity contribution >= 4 is 5.91 Å². The van der Waals surface area contributed by atoms with Crippen molar-refractivity contribution in [2.75, 3.05) is 13.2 Å². The summed E-state index contributed by atoms with van der Waals surface area (Å²) in [5.74, 6) is 1.54. The summed E-state index contributed by atoms with van der Waals surface area (Å²) in [7, 11) is 0. The maximum absolute atomic E-state index is 11.5. The molecule has 3 nitrogen and oxygen atoms in total. The minimum Gasteiger partial charge on any atom is -0.395 e. The lowest BCUT2D eigenvalue weighted by Gasteiger charge is -2.24. The van der Waals surface area contributed by atoms with Gasteiger partial charge in [-0.3, -0.25) is 4.79 Å². The lowest BCUT2D eigenvalue weighted by atomic mass is 9.81. The van der Waals surface area contributed by atoms with Gasteiger partial charge in [0.2, 0.25) is 5.91 Å². The van der Waals surface area contributed by atoms with E-state index in [4.69, 9.17) is 5.11 Å². The maximum atomic E-state index is 11.5. The van der Waals surface area contributed by atoms with E-state index < -0.39 is 0 Å². The van der Waals surface area contributed by atoms with Gasteiger partial charge in [-0.1, -0.05) is 43.1 Å². The Bertz CT molecular complexity index is 373. The molecular formula is C17H27NO2. The number of allylic oxidation sites excluding steroid dienone is 4. The summed E-state index contributed by atoms with van der Waals surface area (Å²) < 4.78 is 0. The molecule has 112 valence electrons. The highest BCUT2D eigenvalue weighted by Gasteiger charge is 2.22. The molecule has 1 amide bonds. The lowest BCUT2D eigenvalue weighted by Crippen LogP contribution is -2.25. The smallest absolute Gasteiger partial charge is 0.220 e. The monoisotopic (exact) mass is 277 g/mol. The normalized spacial score (nSPS) is 25.6. The fourth-order valence-electron chi connectivity index (χ4n) is 3.29. The van der Waals surface area contributed by atoms with Crippen molar-refractivity contribution in [1.29, 1.82) is 0 Å². The third-order valence-corrected chi connectivity index (χ3v) is 4.41. The number of carbonyl (C=O) groups is 1. The number of carbonyl (C=O) groups excluding carboxylic acids is 1. The van der Waals surface area contributed by atoms with E-state index in [2.05, 4.69) is 23.5 Å². The summed E-state index contributed by atoms with van der Waals surface area (Å²) in [4.78, 5) is 11.5. The molecule has 2 aliphatic rings. The van der Waals surface area contributed by atoms with Crippen molar-refractivity contribution in [3.63, 3.8) is 0 Å². The van der Waals surface area contributed by atoms with Crippen molar-refractivity contribution < 1.29 is 9.90 Å². The molecule has 0 aromatic carbocycles. The molecule has 1 saturated carbocycles. The number of amides is 1. The van der Waals surface area contributed by atoms with Crippen LogP contribution >= 0.6 is 0 Å². The Morgan fingerprint density at radius 2 is 2.05 bits per heavy atom. The van der Waals surface area contributed by atoms with Crippen molar-refractivity contribution in [1.82, 2.24) is 5.32 Å². The molecule has 0 aliphatic heterocycles. The van der Waals surface area contributed by atoms with Crippen molar-refractivity contribution in [2.45, 2.75) is 51.4 Å². The van der Waals surface area contributed by atoms with Crippen LogP contribution in [-0.4, -0.2) is 24.2 Å². The van der Waals surface area contributed by atoms with Gasteiger partial charge in [-0.15, -0.1) is 0 Å². The van der Waals surface area contributed by atoms with E-state index in [1.54, 1.807) is 0 Å². The van der Waals surface area contributed by atoms with Crippen LogP contribution in [0.5, 0.6) is 0 Å². The molecule has 3 heteroatoms. The topological polar surface area (TPSA) is 49.3 Å². The number of hydrogen-bond acceptors (Lipinski definition) is 2. The molecule has 2 atom stereocenters. The fraction of sp³-hybridized carbons (Fsp3) is 0.706. The third-order valence-electron chi connectivity index (χ3n) is 4.41. The van der Waals surface area contributed by atoms with E-state index in [9.17, 15) is 4.79 Å². The number of fused-ring (bicyclic) bond motifs is 1. The summed E-state index contributed by atoms with van der Waals surface area (Å²) in [5, 5.41) is 11.3. The van der Waals surface area contributed by atoms with Crippen LogP contribution in [0, 0.1) is 11.8 Å². The van der Waals surface area contributed by atoms with Gasteiger partial charge in [-0.05, 0) is 37.5 Å². The number of aliphatic hydroxyl groups is 1. The zero-order chi connectivity index (χ0) is 14.2. The zero-order valence-electron chi connectivity index (χ0n) is 12.3.